The Morgan fingerprint density at radius 3 is 2.43 bits per heavy atom. The van der Waals surface area contributed by atoms with Gasteiger partial charge in [0.05, 0.1) is 27.9 Å². The van der Waals surface area contributed by atoms with Crippen LogP contribution in [0.2, 0.25) is 0 Å². The van der Waals surface area contributed by atoms with Crippen molar-refractivity contribution in [1.29, 1.82) is 0 Å². The lowest BCUT2D eigenvalue weighted by atomic mass is 10.1. The highest BCUT2D eigenvalue weighted by molar-refractivity contribution is 6.04. The Balaban J connectivity index is 1.83. The molecule has 4 rings (SSSR count). The number of fused-ring (bicyclic) bond motifs is 1. The van der Waals surface area contributed by atoms with E-state index in [-0.39, 0.29) is 11.3 Å². The molecule has 0 spiro atoms. The third kappa shape index (κ3) is 3.01. The number of benzene rings is 2. The van der Waals surface area contributed by atoms with Crippen molar-refractivity contribution >= 4 is 34.1 Å². The predicted molar refractivity (Wildman–Crippen MR) is 102 cm³/mol. The number of nitro groups is 1. The number of nitro benzene ring substituents is 1. The Bertz CT molecular complexity index is 1190. The van der Waals surface area contributed by atoms with Crippen molar-refractivity contribution in [3.8, 4) is 5.69 Å². The van der Waals surface area contributed by atoms with E-state index < -0.39 is 10.9 Å². The number of non-ortho nitro benzene ring substituents is 1. The van der Waals surface area contributed by atoms with Crippen LogP contribution in [0.25, 0.3) is 16.7 Å². The number of aromatic carboxylic acids is 1. The monoisotopic (exact) mass is 375 g/mol. The second kappa shape index (κ2) is 6.80. The number of anilines is 2. The summed E-state index contributed by atoms with van der Waals surface area (Å²) in [5.74, 6) is -1.15. The molecule has 0 bridgehead atoms. The number of hydrogen-bond donors (Lipinski definition) is 2. The third-order valence-corrected chi connectivity index (χ3v) is 4.18. The topological polar surface area (TPSA) is 123 Å². The van der Waals surface area contributed by atoms with Crippen molar-refractivity contribution in [2.45, 2.75) is 0 Å². The van der Waals surface area contributed by atoms with Crippen molar-refractivity contribution in [2.24, 2.45) is 0 Å². The number of pyridine rings is 1. The summed E-state index contributed by atoms with van der Waals surface area (Å²) in [7, 11) is 0. The molecule has 9 nitrogen and oxygen atoms in total. The molecular formula is C19H13N5O4. The fourth-order valence-electron chi connectivity index (χ4n) is 2.84. The number of hydrogen-bond acceptors (Lipinski definition) is 6. The highest BCUT2D eigenvalue weighted by atomic mass is 16.6. The summed E-state index contributed by atoms with van der Waals surface area (Å²) in [4.78, 5) is 26.3. The molecule has 0 aliphatic heterocycles. The minimum absolute atomic E-state index is 0.0292. The largest absolute Gasteiger partial charge is 0.478 e. The van der Waals surface area contributed by atoms with E-state index in [1.54, 1.807) is 4.68 Å². The molecule has 0 unspecified atom stereocenters. The number of carboxylic acids is 1. The van der Waals surface area contributed by atoms with Gasteiger partial charge in [-0.3, -0.25) is 10.1 Å². The summed E-state index contributed by atoms with van der Waals surface area (Å²) in [6.45, 7) is 0. The van der Waals surface area contributed by atoms with E-state index in [1.807, 2.05) is 30.3 Å². The van der Waals surface area contributed by atoms with E-state index in [0.29, 0.717) is 22.4 Å². The first-order valence-corrected chi connectivity index (χ1v) is 8.21. The van der Waals surface area contributed by atoms with Gasteiger partial charge in [-0.25, -0.2) is 14.5 Å². The SMILES string of the molecule is O=C(O)c1cnc2c(cnn2-c2ccccc2)c1Nc1ccc([N+](=O)[O-])cc1. The zero-order chi connectivity index (χ0) is 19.7. The molecular weight excluding hydrogens is 362 g/mol. The maximum atomic E-state index is 11.7. The zero-order valence-corrected chi connectivity index (χ0v) is 14.3. The molecule has 0 saturated heterocycles. The summed E-state index contributed by atoms with van der Waals surface area (Å²) in [6, 6.07) is 15.0. The van der Waals surface area contributed by atoms with Crippen LogP contribution in [0.3, 0.4) is 0 Å². The third-order valence-electron chi connectivity index (χ3n) is 4.18. The van der Waals surface area contributed by atoms with E-state index in [1.165, 1.54) is 36.7 Å². The predicted octanol–water partition coefficient (Wildman–Crippen LogP) is 3.77. The average Bonchev–Trinajstić information content (AvgIpc) is 3.13. The quantitative estimate of drug-likeness (QED) is 0.402. The van der Waals surface area contributed by atoms with Crippen LogP contribution in [0, 0.1) is 10.1 Å². The Kier molecular flexibility index (Phi) is 4.17. The fourth-order valence-corrected chi connectivity index (χ4v) is 2.84. The van der Waals surface area contributed by atoms with Crippen molar-refractivity contribution in [3.05, 3.63) is 82.7 Å². The average molecular weight is 375 g/mol. The Hall–Kier alpha value is -4.27. The maximum absolute atomic E-state index is 11.7. The van der Waals surface area contributed by atoms with Crippen molar-refractivity contribution < 1.29 is 14.8 Å². The number of nitrogens with one attached hydrogen (secondary N) is 1. The Morgan fingerprint density at radius 2 is 1.79 bits per heavy atom. The van der Waals surface area contributed by atoms with Crippen LogP contribution in [0.5, 0.6) is 0 Å². The lowest BCUT2D eigenvalue weighted by Crippen LogP contribution is -2.05. The summed E-state index contributed by atoms with van der Waals surface area (Å²) < 4.78 is 1.61. The second-order valence-corrected chi connectivity index (χ2v) is 5.91. The number of rotatable bonds is 5. The molecule has 2 aromatic heterocycles. The molecule has 0 radical (unpaired) electrons. The molecule has 2 N–H and O–H groups in total. The first-order valence-electron chi connectivity index (χ1n) is 8.21. The molecule has 2 aromatic carbocycles. The van der Waals surface area contributed by atoms with Crippen molar-refractivity contribution in [1.82, 2.24) is 14.8 Å². The van der Waals surface area contributed by atoms with Gasteiger partial charge in [-0.1, -0.05) is 18.2 Å². The van der Waals surface area contributed by atoms with Crippen LogP contribution in [-0.4, -0.2) is 30.8 Å². The molecule has 0 aliphatic carbocycles. The van der Waals surface area contributed by atoms with Gasteiger partial charge in [0.25, 0.3) is 5.69 Å². The zero-order valence-electron chi connectivity index (χ0n) is 14.3. The van der Waals surface area contributed by atoms with E-state index >= 15 is 0 Å². The molecule has 0 atom stereocenters. The van der Waals surface area contributed by atoms with E-state index in [2.05, 4.69) is 15.4 Å². The van der Waals surface area contributed by atoms with Gasteiger partial charge in [0.15, 0.2) is 5.65 Å². The van der Waals surface area contributed by atoms with Crippen LogP contribution < -0.4 is 5.32 Å². The van der Waals surface area contributed by atoms with E-state index in [0.717, 1.165) is 5.69 Å². The fraction of sp³-hybridized carbons (Fsp3) is 0. The van der Waals surface area contributed by atoms with Crippen molar-refractivity contribution in [3.63, 3.8) is 0 Å². The second-order valence-electron chi connectivity index (χ2n) is 5.91. The first kappa shape index (κ1) is 17.2. The summed E-state index contributed by atoms with van der Waals surface area (Å²) in [6.07, 6.45) is 2.80. The molecule has 2 heterocycles. The van der Waals surface area contributed by atoms with Gasteiger partial charge in [-0.2, -0.15) is 5.10 Å². The highest BCUT2D eigenvalue weighted by Crippen LogP contribution is 2.30. The van der Waals surface area contributed by atoms with Gasteiger partial charge >= 0.3 is 5.97 Å². The molecule has 9 heteroatoms. The number of carboxylic acid groups (broad SMARTS) is 1. The summed E-state index contributed by atoms with van der Waals surface area (Å²) >= 11 is 0. The highest BCUT2D eigenvalue weighted by Gasteiger charge is 2.18. The smallest absolute Gasteiger partial charge is 0.339 e. The summed E-state index contributed by atoms with van der Waals surface area (Å²) in [5.41, 5.74) is 2.01. The first-order chi connectivity index (χ1) is 13.5. The van der Waals surface area contributed by atoms with Gasteiger partial charge < -0.3 is 10.4 Å². The van der Waals surface area contributed by atoms with Crippen LogP contribution in [0.1, 0.15) is 10.4 Å². The van der Waals surface area contributed by atoms with Gasteiger partial charge in [-0.05, 0) is 24.3 Å². The van der Waals surface area contributed by atoms with Crippen LogP contribution in [-0.2, 0) is 0 Å². The number of para-hydroxylation sites is 1. The Morgan fingerprint density at radius 1 is 1.07 bits per heavy atom. The standard InChI is InChI=1S/C19H13N5O4/c25-19(26)16-10-20-18-15(11-21-23(18)13-4-2-1-3-5-13)17(16)22-12-6-8-14(9-7-12)24(27)28/h1-11H,(H,20,22)(H,25,26). The number of nitrogens with zero attached hydrogens (tertiary/aromatic N) is 4. The normalized spacial score (nSPS) is 10.7. The van der Waals surface area contributed by atoms with Crippen LogP contribution >= 0.6 is 0 Å². The molecule has 4 aromatic rings. The lowest BCUT2D eigenvalue weighted by molar-refractivity contribution is -0.384. The van der Waals surface area contributed by atoms with Gasteiger partial charge in [-0.15, -0.1) is 0 Å². The lowest BCUT2D eigenvalue weighted by Gasteiger charge is -2.11. The van der Waals surface area contributed by atoms with E-state index in [9.17, 15) is 20.0 Å². The minimum Gasteiger partial charge on any atom is -0.478 e. The molecule has 0 saturated carbocycles. The van der Waals surface area contributed by atoms with Gasteiger partial charge in [0.1, 0.15) is 5.56 Å². The van der Waals surface area contributed by atoms with E-state index in [4.69, 9.17) is 0 Å². The summed E-state index contributed by atoms with van der Waals surface area (Å²) in [5, 5.41) is 28.2. The molecule has 0 amide bonds. The minimum atomic E-state index is -1.15. The van der Waals surface area contributed by atoms with Crippen LogP contribution in [0.15, 0.2) is 67.0 Å². The van der Waals surface area contributed by atoms with Gasteiger partial charge in [0, 0.05) is 24.0 Å². The van der Waals surface area contributed by atoms with Gasteiger partial charge in [0.2, 0.25) is 0 Å². The molecule has 138 valence electrons. The Labute approximate surface area is 158 Å². The molecule has 0 aliphatic rings. The van der Waals surface area contributed by atoms with Crippen LogP contribution in [0.4, 0.5) is 17.1 Å². The molecule has 0 fully saturated rings. The molecule has 28 heavy (non-hydrogen) atoms. The van der Waals surface area contributed by atoms with Crippen molar-refractivity contribution in [2.75, 3.05) is 5.32 Å². The maximum Gasteiger partial charge on any atom is 0.339 e. The number of aromatic nitrogens is 3. The number of carbonyl (C=O) groups is 1.